The average Bonchev–Trinajstić information content (AvgIpc) is 2.46. The number of benzene rings is 1. The molecule has 1 aromatic heterocycles. The number of halogens is 1. The number of hydrogen-bond donors (Lipinski definition) is 2. The highest BCUT2D eigenvalue weighted by Crippen LogP contribution is 2.26. The van der Waals surface area contributed by atoms with Crippen molar-refractivity contribution in [2.75, 3.05) is 6.61 Å². The summed E-state index contributed by atoms with van der Waals surface area (Å²) in [4.78, 5) is 15.3. The SMILES string of the molecule is CCOC(=O)CC(O)C(O)c1cc2cccnc2cc1F. The van der Waals surface area contributed by atoms with Gasteiger partial charge < -0.3 is 14.9 Å². The van der Waals surface area contributed by atoms with Crippen molar-refractivity contribution in [3.05, 3.63) is 41.8 Å². The van der Waals surface area contributed by atoms with Crippen molar-refractivity contribution in [2.24, 2.45) is 0 Å². The van der Waals surface area contributed by atoms with Gasteiger partial charge in [-0.15, -0.1) is 0 Å². The predicted molar refractivity (Wildman–Crippen MR) is 73.9 cm³/mol. The van der Waals surface area contributed by atoms with Crippen molar-refractivity contribution in [1.29, 1.82) is 0 Å². The second kappa shape index (κ2) is 6.60. The molecular weight excluding hydrogens is 277 g/mol. The molecule has 112 valence electrons. The topological polar surface area (TPSA) is 79.7 Å². The van der Waals surface area contributed by atoms with Crippen LogP contribution in [0.2, 0.25) is 0 Å². The van der Waals surface area contributed by atoms with Crippen LogP contribution in [0.3, 0.4) is 0 Å². The maximum Gasteiger partial charge on any atom is 0.308 e. The zero-order valence-corrected chi connectivity index (χ0v) is 11.5. The molecule has 2 N–H and O–H groups in total. The number of nitrogens with zero attached hydrogens (tertiary/aromatic N) is 1. The van der Waals surface area contributed by atoms with Crippen LogP contribution in [0.5, 0.6) is 0 Å². The molecule has 0 aliphatic carbocycles. The Hall–Kier alpha value is -2.05. The molecule has 0 radical (unpaired) electrons. The van der Waals surface area contributed by atoms with Crippen molar-refractivity contribution in [3.63, 3.8) is 0 Å². The number of aliphatic hydroxyl groups excluding tert-OH is 2. The Bertz CT molecular complexity index is 647. The van der Waals surface area contributed by atoms with Gasteiger partial charge in [0.1, 0.15) is 11.9 Å². The first-order valence-electron chi connectivity index (χ1n) is 6.59. The predicted octanol–water partition coefficient (Wildman–Crippen LogP) is 1.72. The number of esters is 1. The van der Waals surface area contributed by atoms with E-state index in [0.29, 0.717) is 10.9 Å². The molecule has 6 heteroatoms. The van der Waals surface area contributed by atoms with E-state index in [2.05, 4.69) is 9.72 Å². The summed E-state index contributed by atoms with van der Waals surface area (Å²) in [7, 11) is 0. The van der Waals surface area contributed by atoms with Crippen LogP contribution < -0.4 is 0 Å². The first-order chi connectivity index (χ1) is 10.0. The van der Waals surface area contributed by atoms with Gasteiger partial charge in [0, 0.05) is 23.2 Å². The highest BCUT2D eigenvalue weighted by molar-refractivity contribution is 5.79. The minimum atomic E-state index is -1.51. The molecule has 5 nitrogen and oxygen atoms in total. The number of aromatic nitrogens is 1. The van der Waals surface area contributed by atoms with Crippen LogP contribution in [0, 0.1) is 5.82 Å². The third-order valence-electron chi connectivity index (χ3n) is 3.09. The lowest BCUT2D eigenvalue weighted by Crippen LogP contribution is -2.23. The van der Waals surface area contributed by atoms with Gasteiger partial charge in [-0.05, 0) is 19.1 Å². The zero-order chi connectivity index (χ0) is 15.4. The van der Waals surface area contributed by atoms with Crippen LogP contribution in [0.25, 0.3) is 10.9 Å². The molecule has 0 bridgehead atoms. The Balaban J connectivity index is 2.23. The van der Waals surface area contributed by atoms with E-state index in [1.807, 2.05) is 0 Å². The Labute approximate surface area is 121 Å². The van der Waals surface area contributed by atoms with Gasteiger partial charge in [-0.3, -0.25) is 9.78 Å². The molecule has 21 heavy (non-hydrogen) atoms. The lowest BCUT2D eigenvalue weighted by atomic mass is 9.99. The minimum Gasteiger partial charge on any atom is -0.466 e. The fraction of sp³-hybridized carbons (Fsp3) is 0.333. The third-order valence-corrected chi connectivity index (χ3v) is 3.09. The molecule has 2 unspecified atom stereocenters. The summed E-state index contributed by atoms with van der Waals surface area (Å²) in [6, 6.07) is 6.00. The number of aliphatic hydroxyl groups is 2. The van der Waals surface area contributed by atoms with Crippen molar-refractivity contribution in [2.45, 2.75) is 25.6 Å². The van der Waals surface area contributed by atoms with E-state index >= 15 is 0 Å². The molecule has 0 saturated heterocycles. The fourth-order valence-corrected chi connectivity index (χ4v) is 2.05. The van der Waals surface area contributed by atoms with Crippen molar-refractivity contribution in [1.82, 2.24) is 4.98 Å². The molecule has 2 aromatic rings. The van der Waals surface area contributed by atoms with Gasteiger partial charge in [0.05, 0.1) is 24.6 Å². The largest absolute Gasteiger partial charge is 0.466 e. The Kier molecular flexibility index (Phi) is 4.82. The number of hydrogen-bond acceptors (Lipinski definition) is 5. The summed E-state index contributed by atoms with van der Waals surface area (Å²) in [6.07, 6.45) is -1.82. The van der Waals surface area contributed by atoms with Crippen LogP contribution in [-0.2, 0) is 9.53 Å². The Morgan fingerprint density at radius 3 is 2.90 bits per heavy atom. The smallest absolute Gasteiger partial charge is 0.308 e. The number of ether oxygens (including phenoxy) is 1. The van der Waals surface area contributed by atoms with Crippen molar-refractivity contribution < 1.29 is 24.1 Å². The van der Waals surface area contributed by atoms with Gasteiger partial charge in [-0.1, -0.05) is 6.07 Å². The summed E-state index contributed by atoms with van der Waals surface area (Å²) >= 11 is 0. The minimum absolute atomic E-state index is 0.0766. The quantitative estimate of drug-likeness (QED) is 0.821. The van der Waals surface area contributed by atoms with E-state index in [1.165, 1.54) is 18.3 Å². The van der Waals surface area contributed by atoms with E-state index in [0.717, 1.165) is 0 Å². The molecule has 1 heterocycles. The van der Waals surface area contributed by atoms with Gasteiger partial charge in [0.15, 0.2) is 0 Å². The van der Waals surface area contributed by atoms with Crippen LogP contribution in [0.1, 0.15) is 25.0 Å². The molecule has 0 saturated carbocycles. The van der Waals surface area contributed by atoms with E-state index in [-0.39, 0.29) is 12.2 Å². The van der Waals surface area contributed by atoms with Crippen LogP contribution in [-0.4, -0.2) is 33.9 Å². The summed E-state index contributed by atoms with van der Waals surface area (Å²) in [6.45, 7) is 1.81. The fourth-order valence-electron chi connectivity index (χ4n) is 2.05. The zero-order valence-electron chi connectivity index (χ0n) is 11.5. The monoisotopic (exact) mass is 293 g/mol. The normalized spacial score (nSPS) is 13.9. The molecule has 1 aromatic carbocycles. The highest BCUT2D eigenvalue weighted by atomic mass is 19.1. The first-order valence-corrected chi connectivity index (χ1v) is 6.59. The highest BCUT2D eigenvalue weighted by Gasteiger charge is 2.25. The van der Waals surface area contributed by atoms with E-state index in [9.17, 15) is 19.4 Å². The summed E-state index contributed by atoms with van der Waals surface area (Å²) in [5, 5.41) is 20.5. The maximum absolute atomic E-state index is 14.0. The molecule has 0 amide bonds. The van der Waals surface area contributed by atoms with Crippen LogP contribution in [0.4, 0.5) is 4.39 Å². The molecule has 0 fully saturated rings. The molecular formula is C15H16FNO4. The van der Waals surface area contributed by atoms with E-state index in [4.69, 9.17) is 0 Å². The van der Waals surface area contributed by atoms with Gasteiger partial charge in [0.25, 0.3) is 0 Å². The average molecular weight is 293 g/mol. The van der Waals surface area contributed by atoms with E-state index < -0.39 is 30.4 Å². The molecule has 2 rings (SSSR count). The van der Waals surface area contributed by atoms with Gasteiger partial charge >= 0.3 is 5.97 Å². The second-order valence-electron chi connectivity index (χ2n) is 4.59. The Morgan fingerprint density at radius 1 is 1.43 bits per heavy atom. The first kappa shape index (κ1) is 15.3. The number of carbonyl (C=O) groups is 1. The number of carbonyl (C=O) groups excluding carboxylic acids is 1. The molecule has 0 aliphatic heterocycles. The van der Waals surface area contributed by atoms with Crippen LogP contribution in [0.15, 0.2) is 30.5 Å². The van der Waals surface area contributed by atoms with Gasteiger partial charge in [-0.25, -0.2) is 4.39 Å². The lowest BCUT2D eigenvalue weighted by molar-refractivity contribution is -0.147. The van der Waals surface area contributed by atoms with Crippen LogP contribution >= 0.6 is 0 Å². The van der Waals surface area contributed by atoms with E-state index in [1.54, 1.807) is 19.1 Å². The summed E-state index contributed by atoms with van der Waals surface area (Å²) in [5.41, 5.74) is 0.373. The summed E-state index contributed by atoms with van der Waals surface area (Å²) < 4.78 is 18.7. The maximum atomic E-state index is 14.0. The molecule has 2 atom stereocenters. The molecule has 0 aliphatic rings. The van der Waals surface area contributed by atoms with Crippen molar-refractivity contribution >= 4 is 16.9 Å². The number of rotatable bonds is 5. The van der Waals surface area contributed by atoms with Gasteiger partial charge in [-0.2, -0.15) is 0 Å². The summed E-state index contributed by atoms with van der Waals surface area (Å²) in [5.74, 6) is -1.33. The lowest BCUT2D eigenvalue weighted by Gasteiger charge is -2.18. The standard InChI is InChI=1S/C15H16FNO4/c1-2-21-14(19)8-13(18)15(20)10-6-9-4-3-5-17-12(9)7-11(10)16/h3-7,13,15,18,20H,2,8H2,1H3. The number of pyridine rings is 1. The van der Waals surface area contributed by atoms with Gasteiger partial charge in [0.2, 0.25) is 0 Å². The van der Waals surface area contributed by atoms with Crippen molar-refractivity contribution in [3.8, 4) is 0 Å². The number of fused-ring (bicyclic) bond motifs is 1. The Morgan fingerprint density at radius 2 is 2.19 bits per heavy atom. The second-order valence-corrected chi connectivity index (χ2v) is 4.59. The molecule has 0 spiro atoms. The third kappa shape index (κ3) is 3.53.